The number of allylic oxidation sites excluding steroid dienone is 3. The summed E-state index contributed by atoms with van der Waals surface area (Å²) in [7, 11) is 1.21. The van der Waals surface area contributed by atoms with Crippen LogP contribution >= 0.6 is 7.82 Å². The van der Waals surface area contributed by atoms with Gasteiger partial charge in [-0.1, -0.05) is 309 Å². The number of likely N-dealkylation sites (N-methyl/N-ethyl adjacent to an activating group) is 1. The van der Waals surface area contributed by atoms with E-state index in [1.807, 2.05) is 33.3 Å². The van der Waals surface area contributed by atoms with Crippen molar-refractivity contribution >= 4 is 19.7 Å². The molecule has 0 fully saturated rings. The molecule has 0 saturated carbocycles. The minimum absolute atomic E-state index is 0.0178. The van der Waals surface area contributed by atoms with E-state index in [0.29, 0.717) is 17.4 Å². The Morgan fingerprint density at radius 3 is 1.08 bits per heavy atom. The number of quaternary nitrogens is 1. The summed E-state index contributed by atoms with van der Waals surface area (Å²) in [5.41, 5.74) is 0. The normalized spacial score (nSPS) is 13.7. The molecule has 3 atom stereocenters. The van der Waals surface area contributed by atoms with Crippen LogP contribution < -0.4 is 10.2 Å². The average Bonchev–Trinajstić information content (AvgIpc) is 3.41. The van der Waals surface area contributed by atoms with Crippen molar-refractivity contribution in [3.8, 4) is 0 Å². The Labute approximate surface area is 492 Å². The van der Waals surface area contributed by atoms with Crippen LogP contribution in [-0.2, 0) is 27.9 Å². The molecular formula is C69H135N2O7P. The topological polar surface area (TPSA) is 114 Å². The summed E-state index contributed by atoms with van der Waals surface area (Å²) in [6.45, 7) is 6.89. The third kappa shape index (κ3) is 60.9. The summed E-state index contributed by atoms with van der Waals surface area (Å²) < 4.78 is 30.4. The molecule has 0 heterocycles. The zero-order chi connectivity index (χ0) is 57.9. The van der Waals surface area contributed by atoms with E-state index in [0.717, 1.165) is 57.8 Å². The number of hydrogen-bond acceptors (Lipinski definition) is 7. The van der Waals surface area contributed by atoms with Crippen LogP contribution in [0.3, 0.4) is 0 Å². The lowest BCUT2D eigenvalue weighted by Gasteiger charge is -2.30. The van der Waals surface area contributed by atoms with E-state index in [1.165, 1.54) is 263 Å². The van der Waals surface area contributed by atoms with Crippen molar-refractivity contribution in [2.45, 2.75) is 367 Å². The minimum atomic E-state index is -4.69. The first kappa shape index (κ1) is 77.5. The SMILES string of the molecule is CCCCCCCC/C=C/CCCCCCCCCCCCCCCCCCCC(=O)OC(/C=C\CCCCCCCCCCCC)C(COP(=O)([O-])OCC[N+](C)(C)C)NC(=O)CCCCCCCCCCCCCCCC. The Morgan fingerprint density at radius 1 is 0.430 bits per heavy atom. The summed E-state index contributed by atoms with van der Waals surface area (Å²) in [5.74, 6) is -0.519. The van der Waals surface area contributed by atoms with Gasteiger partial charge in [-0.15, -0.1) is 0 Å². The van der Waals surface area contributed by atoms with Crippen LogP contribution in [-0.4, -0.2) is 69.4 Å². The van der Waals surface area contributed by atoms with Gasteiger partial charge in [-0.05, 0) is 57.4 Å². The molecular weight excluding hydrogens is 1000 g/mol. The van der Waals surface area contributed by atoms with Crippen molar-refractivity contribution in [2.24, 2.45) is 0 Å². The van der Waals surface area contributed by atoms with E-state index in [4.69, 9.17) is 13.8 Å². The highest BCUT2D eigenvalue weighted by molar-refractivity contribution is 7.45. The van der Waals surface area contributed by atoms with E-state index >= 15 is 0 Å². The smallest absolute Gasteiger partial charge is 0.306 e. The second-order valence-corrected chi connectivity index (χ2v) is 26.5. The van der Waals surface area contributed by atoms with Gasteiger partial charge in [-0.2, -0.15) is 0 Å². The third-order valence-corrected chi connectivity index (χ3v) is 16.8. The van der Waals surface area contributed by atoms with E-state index < -0.39 is 20.0 Å². The molecule has 0 aromatic rings. The Kier molecular flexibility index (Phi) is 58.5. The van der Waals surface area contributed by atoms with Crippen LogP contribution in [0, 0.1) is 0 Å². The molecule has 0 radical (unpaired) electrons. The van der Waals surface area contributed by atoms with Crippen LogP contribution in [0.1, 0.15) is 355 Å². The van der Waals surface area contributed by atoms with Gasteiger partial charge >= 0.3 is 5.97 Å². The Balaban J connectivity index is 4.95. The summed E-state index contributed by atoms with van der Waals surface area (Å²) >= 11 is 0. The molecule has 0 aliphatic rings. The first-order chi connectivity index (χ1) is 38.4. The maximum atomic E-state index is 13.5. The number of nitrogens with one attached hydrogen (secondary N) is 1. The summed E-state index contributed by atoms with van der Waals surface area (Å²) in [5, 5.41) is 3.04. The summed E-state index contributed by atoms with van der Waals surface area (Å²) in [6, 6.07) is -0.881. The zero-order valence-corrected chi connectivity index (χ0v) is 54.5. The molecule has 0 spiro atoms. The number of ether oxygens (including phenoxy) is 1. The fourth-order valence-electron chi connectivity index (χ4n) is 10.5. The molecule has 0 aliphatic heterocycles. The van der Waals surface area contributed by atoms with Crippen LogP contribution in [0.15, 0.2) is 24.3 Å². The number of phosphoric acid groups is 1. The van der Waals surface area contributed by atoms with Crippen LogP contribution in [0.25, 0.3) is 0 Å². The number of esters is 1. The van der Waals surface area contributed by atoms with Crippen molar-refractivity contribution in [1.82, 2.24) is 5.32 Å². The van der Waals surface area contributed by atoms with Crippen LogP contribution in [0.4, 0.5) is 0 Å². The largest absolute Gasteiger partial charge is 0.756 e. The third-order valence-electron chi connectivity index (χ3n) is 15.9. The molecule has 1 amide bonds. The Hall–Kier alpha value is -1.51. The monoisotopic (exact) mass is 1140 g/mol. The second kappa shape index (κ2) is 59.6. The molecule has 3 unspecified atom stereocenters. The van der Waals surface area contributed by atoms with Gasteiger partial charge < -0.3 is 28.5 Å². The molecule has 9 nitrogen and oxygen atoms in total. The quantitative estimate of drug-likeness (QED) is 0.0212. The lowest BCUT2D eigenvalue weighted by atomic mass is 10.0. The fraction of sp³-hybridized carbons (Fsp3) is 0.913. The molecule has 1 N–H and O–H groups in total. The van der Waals surface area contributed by atoms with E-state index in [9.17, 15) is 19.0 Å². The lowest BCUT2D eigenvalue weighted by Crippen LogP contribution is -2.47. The lowest BCUT2D eigenvalue weighted by molar-refractivity contribution is -0.870. The van der Waals surface area contributed by atoms with Crippen molar-refractivity contribution in [3.05, 3.63) is 24.3 Å². The molecule has 79 heavy (non-hydrogen) atoms. The minimum Gasteiger partial charge on any atom is -0.756 e. The molecule has 0 saturated heterocycles. The zero-order valence-electron chi connectivity index (χ0n) is 53.6. The number of phosphoric ester groups is 1. The highest BCUT2D eigenvalue weighted by Gasteiger charge is 2.27. The molecule has 0 aliphatic carbocycles. The standard InChI is InChI=1S/C69H135N2O7P/c1-7-10-13-16-19-22-25-28-30-31-32-33-34-35-36-37-38-39-40-41-42-44-47-50-53-56-59-62-69(73)78-67(60-57-54-51-48-45-27-24-21-18-15-12-9-3)66(65-77-79(74,75)76-64-63-71(4,5)6)70-68(72)61-58-55-52-49-46-43-29-26-23-20-17-14-11-8-2/h28,30,57,60,66-67H,7-27,29,31-56,58-59,61-65H2,1-6H3,(H-,70,72,74,75)/b30-28+,60-57-. The predicted molar refractivity (Wildman–Crippen MR) is 340 cm³/mol. The van der Waals surface area contributed by atoms with Gasteiger partial charge in [0.25, 0.3) is 7.82 Å². The highest BCUT2D eigenvalue weighted by atomic mass is 31.2. The van der Waals surface area contributed by atoms with E-state index in [2.05, 4.69) is 38.2 Å². The fourth-order valence-corrected chi connectivity index (χ4v) is 11.2. The van der Waals surface area contributed by atoms with Gasteiger partial charge in [0.05, 0.1) is 33.8 Å². The molecule has 0 rings (SSSR count). The number of hydrogen-bond donors (Lipinski definition) is 1. The average molecular weight is 1140 g/mol. The number of rotatable bonds is 64. The summed E-state index contributed by atoms with van der Waals surface area (Å²) in [4.78, 5) is 40.1. The molecule has 0 bridgehead atoms. The summed E-state index contributed by atoms with van der Waals surface area (Å²) in [6.07, 6.45) is 71.6. The van der Waals surface area contributed by atoms with Crippen molar-refractivity contribution in [2.75, 3.05) is 40.9 Å². The first-order valence-corrected chi connectivity index (χ1v) is 36.1. The first-order valence-electron chi connectivity index (χ1n) is 34.6. The van der Waals surface area contributed by atoms with Crippen molar-refractivity contribution in [3.63, 3.8) is 0 Å². The van der Waals surface area contributed by atoms with E-state index in [-0.39, 0.29) is 31.5 Å². The van der Waals surface area contributed by atoms with Gasteiger partial charge in [0, 0.05) is 12.8 Å². The molecule has 0 aromatic heterocycles. The Morgan fingerprint density at radius 2 is 0.734 bits per heavy atom. The van der Waals surface area contributed by atoms with Gasteiger partial charge in [0.1, 0.15) is 19.3 Å². The van der Waals surface area contributed by atoms with Crippen molar-refractivity contribution in [1.29, 1.82) is 0 Å². The van der Waals surface area contributed by atoms with E-state index in [1.54, 1.807) is 0 Å². The molecule has 468 valence electrons. The Bertz CT molecular complexity index is 1400. The predicted octanol–water partition coefficient (Wildman–Crippen LogP) is 21.0. The number of carbonyl (C=O) groups is 2. The maximum Gasteiger partial charge on any atom is 0.306 e. The molecule has 10 heteroatoms. The van der Waals surface area contributed by atoms with Gasteiger partial charge in [-0.3, -0.25) is 14.2 Å². The van der Waals surface area contributed by atoms with Crippen LogP contribution in [0.5, 0.6) is 0 Å². The highest BCUT2D eigenvalue weighted by Crippen LogP contribution is 2.38. The van der Waals surface area contributed by atoms with Crippen LogP contribution in [0.2, 0.25) is 0 Å². The number of nitrogens with zero attached hydrogens (tertiary/aromatic N) is 1. The number of amides is 1. The molecule has 0 aromatic carbocycles. The number of unbranched alkanes of at least 4 members (excludes halogenated alkanes) is 46. The maximum absolute atomic E-state index is 13.5. The number of carbonyl (C=O) groups excluding carboxylic acids is 2. The van der Waals surface area contributed by atoms with Crippen molar-refractivity contribution < 1.29 is 37.3 Å². The van der Waals surface area contributed by atoms with Gasteiger partial charge in [0.2, 0.25) is 5.91 Å². The van der Waals surface area contributed by atoms with Gasteiger partial charge in [-0.25, -0.2) is 0 Å². The second-order valence-electron chi connectivity index (χ2n) is 25.0. The van der Waals surface area contributed by atoms with Gasteiger partial charge in [0.15, 0.2) is 0 Å².